The molecule has 0 saturated carbocycles. The van der Waals surface area contributed by atoms with Crippen molar-refractivity contribution in [2.24, 2.45) is 0 Å². The Bertz CT molecular complexity index is 1200. The molecular formula is C24H26F3N5O2. The van der Waals surface area contributed by atoms with Crippen molar-refractivity contribution in [2.45, 2.75) is 37.8 Å². The van der Waals surface area contributed by atoms with E-state index in [9.17, 15) is 23.1 Å². The number of likely N-dealkylation sites (N-methyl/N-ethyl adjacent to an activating group) is 1. The molecule has 4 rings (SSSR count). The number of rotatable bonds is 6. The molecule has 1 aliphatic heterocycles. The molecule has 2 aromatic heterocycles. The van der Waals surface area contributed by atoms with Gasteiger partial charge in [0.25, 0.3) is 12.3 Å². The normalized spacial score (nSPS) is 16.5. The standard InChI is InChI=1S/C24H26F3N5O2/c1-14(15-4-3-5-16(21(15)25)22(26)27)31-18-6-9-29-19-13-30-20(12-17(18)19)32-10-7-24(34,8-11-32)23(33)28-2/h3-6,9,12-14,22,34H,7-8,10-11H2,1-2H3,(H,28,33)(H,29,31)/t14-/m1/s1. The second kappa shape index (κ2) is 9.46. The first-order valence-corrected chi connectivity index (χ1v) is 11.0. The molecule has 1 aromatic carbocycles. The summed E-state index contributed by atoms with van der Waals surface area (Å²) in [6, 6.07) is 6.97. The van der Waals surface area contributed by atoms with Crippen LogP contribution in [0.3, 0.4) is 0 Å². The average molecular weight is 473 g/mol. The van der Waals surface area contributed by atoms with Gasteiger partial charge in [0.05, 0.1) is 23.3 Å². The number of amides is 1. The van der Waals surface area contributed by atoms with Crippen LogP contribution < -0.4 is 15.5 Å². The number of anilines is 2. The lowest BCUT2D eigenvalue weighted by Crippen LogP contribution is -2.53. The van der Waals surface area contributed by atoms with E-state index in [1.165, 1.54) is 19.2 Å². The smallest absolute Gasteiger partial charge is 0.266 e. The Morgan fingerprint density at radius 2 is 1.88 bits per heavy atom. The lowest BCUT2D eigenvalue weighted by Gasteiger charge is -2.37. The summed E-state index contributed by atoms with van der Waals surface area (Å²) in [4.78, 5) is 22.8. The highest BCUT2D eigenvalue weighted by atomic mass is 19.3. The minimum Gasteiger partial charge on any atom is -0.380 e. The molecular weight excluding hydrogens is 447 g/mol. The molecule has 0 unspecified atom stereocenters. The number of carbonyl (C=O) groups is 1. The molecule has 34 heavy (non-hydrogen) atoms. The molecule has 10 heteroatoms. The van der Waals surface area contributed by atoms with Gasteiger partial charge in [-0.3, -0.25) is 9.78 Å². The van der Waals surface area contributed by atoms with Crippen LogP contribution in [0.15, 0.2) is 42.7 Å². The average Bonchev–Trinajstić information content (AvgIpc) is 2.83. The fraction of sp³-hybridized carbons (Fsp3) is 0.375. The molecule has 1 atom stereocenters. The number of fused-ring (bicyclic) bond motifs is 1. The molecule has 0 spiro atoms. The Hall–Kier alpha value is -3.40. The van der Waals surface area contributed by atoms with E-state index >= 15 is 0 Å². The Kier molecular flexibility index (Phi) is 6.60. The molecule has 1 fully saturated rings. The molecule has 7 nitrogen and oxygen atoms in total. The number of piperidine rings is 1. The number of alkyl halides is 2. The first kappa shape index (κ1) is 23.7. The van der Waals surface area contributed by atoms with Crippen LogP contribution in [0.25, 0.3) is 10.9 Å². The van der Waals surface area contributed by atoms with Gasteiger partial charge in [-0.25, -0.2) is 18.2 Å². The third-order valence-electron chi connectivity index (χ3n) is 6.31. The maximum absolute atomic E-state index is 14.6. The van der Waals surface area contributed by atoms with Crippen molar-refractivity contribution >= 4 is 28.3 Å². The summed E-state index contributed by atoms with van der Waals surface area (Å²) in [5, 5.41) is 17.0. The van der Waals surface area contributed by atoms with Crippen molar-refractivity contribution in [1.82, 2.24) is 15.3 Å². The van der Waals surface area contributed by atoms with Gasteiger partial charge in [0.1, 0.15) is 17.2 Å². The van der Waals surface area contributed by atoms with Crippen LogP contribution in [0.5, 0.6) is 0 Å². The molecule has 180 valence electrons. The summed E-state index contributed by atoms with van der Waals surface area (Å²) in [5.74, 6) is -0.664. The SMILES string of the molecule is CNC(=O)C1(O)CCN(c2cc3c(N[C@H](C)c4cccc(C(F)F)c4F)ccnc3cn2)CC1. The molecule has 0 radical (unpaired) electrons. The summed E-state index contributed by atoms with van der Waals surface area (Å²) in [5.41, 5.74) is -0.619. The van der Waals surface area contributed by atoms with Gasteiger partial charge >= 0.3 is 0 Å². The molecule has 1 saturated heterocycles. The third kappa shape index (κ3) is 4.50. The van der Waals surface area contributed by atoms with Crippen LogP contribution in [0.2, 0.25) is 0 Å². The number of aromatic nitrogens is 2. The predicted octanol–water partition coefficient (Wildman–Crippen LogP) is 3.96. The van der Waals surface area contributed by atoms with Crippen LogP contribution >= 0.6 is 0 Å². The number of carbonyl (C=O) groups excluding carboxylic acids is 1. The summed E-state index contributed by atoms with van der Waals surface area (Å²) in [7, 11) is 1.50. The van der Waals surface area contributed by atoms with Crippen molar-refractivity contribution in [3.8, 4) is 0 Å². The number of benzene rings is 1. The molecule has 1 aliphatic rings. The number of halogens is 3. The van der Waals surface area contributed by atoms with Gasteiger partial charge in [-0.05, 0) is 19.1 Å². The zero-order chi connectivity index (χ0) is 24.5. The number of nitrogens with zero attached hydrogens (tertiary/aromatic N) is 3. The van der Waals surface area contributed by atoms with Gasteiger partial charge in [0, 0.05) is 55.8 Å². The maximum atomic E-state index is 14.6. The van der Waals surface area contributed by atoms with E-state index in [1.807, 2.05) is 11.0 Å². The highest BCUT2D eigenvalue weighted by Crippen LogP contribution is 2.33. The highest BCUT2D eigenvalue weighted by Gasteiger charge is 2.39. The predicted molar refractivity (Wildman–Crippen MR) is 123 cm³/mol. The van der Waals surface area contributed by atoms with E-state index in [-0.39, 0.29) is 18.4 Å². The van der Waals surface area contributed by atoms with Crippen molar-refractivity contribution < 1.29 is 23.1 Å². The van der Waals surface area contributed by atoms with Gasteiger partial charge in [0.2, 0.25) is 0 Å². The minimum atomic E-state index is -2.90. The van der Waals surface area contributed by atoms with Crippen molar-refractivity contribution in [3.05, 3.63) is 59.7 Å². The molecule has 3 heterocycles. The lowest BCUT2D eigenvalue weighted by molar-refractivity contribution is -0.141. The van der Waals surface area contributed by atoms with Gasteiger partial charge in [-0.1, -0.05) is 18.2 Å². The maximum Gasteiger partial charge on any atom is 0.266 e. The van der Waals surface area contributed by atoms with E-state index in [0.29, 0.717) is 30.1 Å². The summed E-state index contributed by atoms with van der Waals surface area (Å²) in [6.07, 6.45) is 0.851. The third-order valence-corrected chi connectivity index (χ3v) is 6.31. The lowest BCUT2D eigenvalue weighted by atomic mass is 9.90. The number of pyridine rings is 2. The number of hydrogen-bond donors (Lipinski definition) is 3. The van der Waals surface area contributed by atoms with Crippen molar-refractivity contribution in [3.63, 3.8) is 0 Å². The highest BCUT2D eigenvalue weighted by molar-refractivity contribution is 5.92. The van der Waals surface area contributed by atoms with Crippen LogP contribution in [-0.4, -0.2) is 46.7 Å². The van der Waals surface area contributed by atoms with Gasteiger partial charge in [-0.2, -0.15) is 0 Å². The summed E-state index contributed by atoms with van der Waals surface area (Å²) < 4.78 is 40.9. The Balaban J connectivity index is 1.59. The van der Waals surface area contributed by atoms with Crippen LogP contribution in [0, 0.1) is 5.82 Å². The zero-order valence-electron chi connectivity index (χ0n) is 18.9. The number of aliphatic hydroxyl groups is 1. The van der Waals surface area contributed by atoms with Crippen molar-refractivity contribution in [1.29, 1.82) is 0 Å². The zero-order valence-corrected chi connectivity index (χ0v) is 18.9. The van der Waals surface area contributed by atoms with E-state index in [0.717, 1.165) is 11.5 Å². The number of nitrogens with one attached hydrogen (secondary N) is 2. The fourth-order valence-corrected chi connectivity index (χ4v) is 4.28. The largest absolute Gasteiger partial charge is 0.380 e. The second-order valence-electron chi connectivity index (χ2n) is 8.43. The Morgan fingerprint density at radius 3 is 2.56 bits per heavy atom. The Labute approximate surface area is 195 Å². The van der Waals surface area contributed by atoms with Crippen LogP contribution in [0.4, 0.5) is 24.7 Å². The van der Waals surface area contributed by atoms with E-state index in [1.54, 1.807) is 25.4 Å². The van der Waals surface area contributed by atoms with Crippen LogP contribution in [-0.2, 0) is 4.79 Å². The molecule has 0 aliphatic carbocycles. The molecule has 0 bridgehead atoms. The van der Waals surface area contributed by atoms with E-state index < -0.39 is 35.4 Å². The van der Waals surface area contributed by atoms with Crippen molar-refractivity contribution in [2.75, 3.05) is 30.4 Å². The summed E-state index contributed by atoms with van der Waals surface area (Å²) >= 11 is 0. The first-order valence-electron chi connectivity index (χ1n) is 11.0. The summed E-state index contributed by atoms with van der Waals surface area (Å²) in [6.45, 7) is 2.58. The molecule has 3 aromatic rings. The van der Waals surface area contributed by atoms with Gasteiger partial charge < -0.3 is 20.6 Å². The van der Waals surface area contributed by atoms with Crippen LogP contribution in [0.1, 0.15) is 43.4 Å². The second-order valence-corrected chi connectivity index (χ2v) is 8.43. The van der Waals surface area contributed by atoms with Gasteiger partial charge in [-0.15, -0.1) is 0 Å². The molecule has 1 amide bonds. The van der Waals surface area contributed by atoms with Gasteiger partial charge in [0.15, 0.2) is 0 Å². The minimum absolute atomic E-state index is 0.140. The Morgan fingerprint density at radius 1 is 1.18 bits per heavy atom. The van der Waals surface area contributed by atoms with E-state index in [4.69, 9.17) is 0 Å². The monoisotopic (exact) mass is 473 g/mol. The molecule has 3 N–H and O–H groups in total. The fourth-order valence-electron chi connectivity index (χ4n) is 4.28. The quantitative estimate of drug-likeness (QED) is 0.502. The topological polar surface area (TPSA) is 90.4 Å². The first-order chi connectivity index (χ1) is 16.2. The number of hydrogen-bond acceptors (Lipinski definition) is 6. The van der Waals surface area contributed by atoms with E-state index in [2.05, 4.69) is 20.6 Å².